The highest BCUT2D eigenvalue weighted by Gasteiger charge is 2.30. The molecule has 0 aliphatic rings. The molecule has 1 atom stereocenters. The topological polar surface area (TPSA) is 58.6 Å². The molecule has 0 saturated carbocycles. The summed E-state index contributed by atoms with van der Waals surface area (Å²) >= 11 is 7.41. The summed E-state index contributed by atoms with van der Waals surface area (Å²) < 4.78 is 5.36. The van der Waals surface area contributed by atoms with E-state index in [4.69, 9.17) is 16.3 Å². The first-order chi connectivity index (χ1) is 16.5. The first-order valence-corrected chi connectivity index (χ1v) is 12.5. The third kappa shape index (κ3) is 7.54. The number of halogens is 1. The molecule has 0 radical (unpaired) electrons. The highest BCUT2D eigenvalue weighted by atomic mass is 35.5. The number of amides is 2. The van der Waals surface area contributed by atoms with Crippen LogP contribution in [-0.4, -0.2) is 42.2 Å². The predicted molar refractivity (Wildman–Crippen MR) is 138 cm³/mol. The van der Waals surface area contributed by atoms with Crippen LogP contribution < -0.4 is 10.1 Å². The van der Waals surface area contributed by atoms with Gasteiger partial charge in [0.25, 0.3) is 0 Å². The van der Waals surface area contributed by atoms with Gasteiger partial charge in [-0.2, -0.15) is 0 Å². The second kappa shape index (κ2) is 13.1. The fourth-order valence-corrected chi connectivity index (χ4v) is 4.48. The van der Waals surface area contributed by atoms with Gasteiger partial charge in [0, 0.05) is 29.4 Å². The zero-order valence-corrected chi connectivity index (χ0v) is 20.9. The Morgan fingerprint density at radius 3 is 2.38 bits per heavy atom. The van der Waals surface area contributed by atoms with E-state index in [2.05, 4.69) is 5.32 Å². The molecule has 3 aromatic rings. The van der Waals surface area contributed by atoms with Gasteiger partial charge in [0.1, 0.15) is 11.8 Å². The molecule has 0 unspecified atom stereocenters. The van der Waals surface area contributed by atoms with Crippen molar-refractivity contribution in [1.82, 2.24) is 10.2 Å². The molecular formula is C27H29ClN2O3S. The Morgan fingerprint density at radius 2 is 1.71 bits per heavy atom. The van der Waals surface area contributed by atoms with Crippen LogP contribution in [0.1, 0.15) is 18.1 Å². The zero-order valence-electron chi connectivity index (χ0n) is 19.4. The van der Waals surface area contributed by atoms with Gasteiger partial charge in [-0.3, -0.25) is 9.59 Å². The Bertz CT molecular complexity index is 1080. The second-order valence-corrected chi connectivity index (χ2v) is 9.20. The third-order valence-corrected chi connectivity index (χ3v) is 6.53. The maximum absolute atomic E-state index is 13.6. The van der Waals surface area contributed by atoms with Crippen molar-refractivity contribution in [3.63, 3.8) is 0 Å². The Hall–Kier alpha value is -2.96. The molecule has 178 valence electrons. The summed E-state index contributed by atoms with van der Waals surface area (Å²) in [5.41, 5.74) is 1.89. The lowest BCUT2D eigenvalue weighted by Crippen LogP contribution is -2.51. The number of nitrogens with one attached hydrogen (secondary N) is 1. The number of likely N-dealkylation sites (N-methyl/N-ethyl adjacent to an activating group) is 1. The van der Waals surface area contributed by atoms with Gasteiger partial charge in [-0.05, 0) is 54.4 Å². The summed E-state index contributed by atoms with van der Waals surface area (Å²) in [5.74, 6) is 0.628. The lowest BCUT2D eigenvalue weighted by atomic mass is 10.0. The van der Waals surface area contributed by atoms with Gasteiger partial charge in [0.15, 0.2) is 0 Å². The molecule has 0 spiro atoms. The summed E-state index contributed by atoms with van der Waals surface area (Å²) in [6, 6.07) is 24.1. The van der Waals surface area contributed by atoms with Gasteiger partial charge >= 0.3 is 0 Å². The van der Waals surface area contributed by atoms with Crippen molar-refractivity contribution in [3.05, 3.63) is 95.0 Å². The molecule has 34 heavy (non-hydrogen) atoms. The van der Waals surface area contributed by atoms with Crippen LogP contribution >= 0.6 is 23.4 Å². The van der Waals surface area contributed by atoms with E-state index in [-0.39, 0.29) is 17.6 Å². The number of hydrogen-bond acceptors (Lipinski definition) is 4. The molecule has 0 aromatic heterocycles. The number of methoxy groups -OCH3 is 1. The van der Waals surface area contributed by atoms with Crippen LogP contribution in [-0.2, 0) is 22.6 Å². The number of carbonyl (C=O) groups is 2. The molecule has 3 aromatic carbocycles. The fraction of sp³-hybridized carbons (Fsp3) is 0.259. The predicted octanol–water partition coefficient (Wildman–Crippen LogP) is 5.22. The van der Waals surface area contributed by atoms with Crippen molar-refractivity contribution in [2.24, 2.45) is 0 Å². The number of ether oxygens (including phenoxy) is 1. The van der Waals surface area contributed by atoms with E-state index in [1.165, 1.54) is 11.8 Å². The highest BCUT2D eigenvalue weighted by Crippen LogP contribution is 2.23. The molecule has 0 aliphatic carbocycles. The summed E-state index contributed by atoms with van der Waals surface area (Å²) in [6.07, 6.45) is 0.425. The number of rotatable bonds is 11. The van der Waals surface area contributed by atoms with Crippen LogP contribution in [0.5, 0.6) is 5.75 Å². The number of thioether (sulfide) groups is 1. The Balaban J connectivity index is 1.89. The van der Waals surface area contributed by atoms with Crippen molar-refractivity contribution in [3.8, 4) is 5.75 Å². The molecule has 7 heteroatoms. The maximum atomic E-state index is 13.6. The summed E-state index contributed by atoms with van der Waals surface area (Å²) in [5, 5.41) is 3.56. The van der Waals surface area contributed by atoms with Crippen LogP contribution in [0.4, 0.5) is 0 Å². The number of nitrogens with zero attached hydrogens (tertiary/aromatic N) is 1. The summed E-state index contributed by atoms with van der Waals surface area (Å²) in [7, 11) is 1.61. The Morgan fingerprint density at radius 1 is 1.00 bits per heavy atom. The van der Waals surface area contributed by atoms with Crippen LogP contribution in [0.2, 0.25) is 5.02 Å². The maximum Gasteiger partial charge on any atom is 0.243 e. The highest BCUT2D eigenvalue weighted by molar-refractivity contribution is 8.00. The number of hydrogen-bond donors (Lipinski definition) is 1. The molecule has 3 rings (SSSR count). The molecule has 1 N–H and O–H groups in total. The monoisotopic (exact) mass is 496 g/mol. The lowest BCUT2D eigenvalue weighted by Gasteiger charge is -2.31. The minimum absolute atomic E-state index is 0.116. The molecule has 0 heterocycles. The fourth-order valence-electron chi connectivity index (χ4n) is 3.57. The Kier molecular flexibility index (Phi) is 9.86. The van der Waals surface area contributed by atoms with Gasteiger partial charge < -0.3 is 15.0 Å². The van der Waals surface area contributed by atoms with E-state index in [0.717, 1.165) is 16.0 Å². The van der Waals surface area contributed by atoms with Crippen LogP contribution in [0.3, 0.4) is 0 Å². The molecular weight excluding hydrogens is 468 g/mol. The van der Waals surface area contributed by atoms with Crippen LogP contribution in [0.15, 0.2) is 83.8 Å². The van der Waals surface area contributed by atoms with Gasteiger partial charge in [-0.15, -0.1) is 11.8 Å². The largest absolute Gasteiger partial charge is 0.497 e. The van der Waals surface area contributed by atoms with Gasteiger partial charge in [-0.25, -0.2) is 0 Å². The van der Waals surface area contributed by atoms with E-state index in [1.54, 1.807) is 24.1 Å². The van der Waals surface area contributed by atoms with Crippen molar-refractivity contribution in [1.29, 1.82) is 0 Å². The molecule has 0 bridgehead atoms. The van der Waals surface area contributed by atoms with E-state index in [9.17, 15) is 9.59 Å². The molecule has 0 saturated heterocycles. The van der Waals surface area contributed by atoms with E-state index in [1.807, 2.05) is 73.7 Å². The van der Waals surface area contributed by atoms with E-state index < -0.39 is 6.04 Å². The summed E-state index contributed by atoms with van der Waals surface area (Å²) in [4.78, 5) is 29.3. The first kappa shape index (κ1) is 25.7. The molecule has 0 aliphatic heterocycles. The Labute approximate surface area is 210 Å². The first-order valence-electron chi connectivity index (χ1n) is 11.1. The summed E-state index contributed by atoms with van der Waals surface area (Å²) in [6.45, 7) is 2.67. The second-order valence-electron chi connectivity index (χ2n) is 7.72. The number of benzene rings is 3. The van der Waals surface area contributed by atoms with E-state index >= 15 is 0 Å². The molecule has 0 fully saturated rings. The van der Waals surface area contributed by atoms with E-state index in [0.29, 0.717) is 30.3 Å². The average Bonchev–Trinajstić information content (AvgIpc) is 2.86. The average molecular weight is 497 g/mol. The lowest BCUT2D eigenvalue weighted by molar-refractivity contribution is -0.139. The SMILES string of the molecule is CCNC(=O)[C@H](Cc1ccccc1)N(Cc1cccc(OC)c1)C(=O)CSc1ccc(Cl)cc1. The van der Waals surface area contributed by atoms with Gasteiger partial charge in [0.05, 0.1) is 12.9 Å². The standard InChI is InChI=1S/C27H29ClN2O3S/c1-3-29-27(32)25(17-20-8-5-4-6-9-20)30(18-21-10-7-11-23(16-21)33-2)26(31)19-34-24-14-12-22(28)13-15-24/h4-16,25H,3,17-19H2,1-2H3,(H,29,32)/t25-/m0/s1. The van der Waals surface area contributed by atoms with Crippen LogP contribution in [0.25, 0.3) is 0 Å². The van der Waals surface area contributed by atoms with Crippen molar-refractivity contribution in [2.75, 3.05) is 19.4 Å². The van der Waals surface area contributed by atoms with Gasteiger partial charge in [0.2, 0.25) is 11.8 Å². The quantitative estimate of drug-likeness (QED) is 0.370. The minimum atomic E-state index is -0.646. The minimum Gasteiger partial charge on any atom is -0.497 e. The van der Waals surface area contributed by atoms with Crippen LogP contribution in [0, 0.1) is 0 Å². The third-order valence-electron chi connectivity index (χ3n) is 5.29. The van der Waals surface area contributed by atoms with Gasteiger partial charge in [-0.1, -0.05) is 54.1 Å². The smallest absolute Gasteiger partial charge is 0.243 e. The zero-order chi connectivity index (χ0) is 24.3. The molecule has 2 amide bonds. The van der Waals surface area contributed by atoms with Crippen molar-refractivity contribution < 1.29 is 14.3 Å². The number of carbonyl (C=O) groups excluding carboxylic acids is 2. The van der Waals surface area contributed by atoms with Crippen molar-refractivity contribution in [2.45, 2.75) is 30.8 Å². The molecule has 5 nitrogen and oxygen atoms in total. The van der Waals surface area contributed by atoms with Crippen molar-refractivity contribution >= 4 is 35.2 Å². The normalized spacial score (nSPS) is 11.5.